The highest BCUT2D eigenvalue weighted by Gasteiger charge is 2.15. The van der Waals surface area contributed by atoms with Crippen LogP contribution in [0.5, 0.6) is 0 Å². The van der Waals surface area contributed by atoms with Gasteiger partial charge in [0.05, 0.1) is 0 Å². The summed E-state index contributed by atoms with van der Waals surface area (Å²) in [6.07, 6.45) is 19.1. The third kappa shape index (κ3) is 5.46. The number of fused-ring (bicyclic) bond motifs is 3. The summed E-state index contributed by atoms with van der Waals surface area (Å²) in [6.45, 7) is 0. The number of hydrogen-bond acceptors (Lipinski definition) is 2. The third-order valence-corrected chi connectivity index (χ3v) is 4.59. The zero-order valence-electron chi connectivity index (χ0n) is 16.5. The molecular weight excluding hydrogens is 346 g/mol. The molecule has 2 aromatic rings. The van der Waals surface area contributed by atoms with E-state index >= 15 is 0 Å². The van der Waals surface area contributed by atoms with Crippen LogP contribution >= 0.6 is 0 Å². The van der Waals surface area contributed by atoms with Crippen LogP contribution in [0.4, 0.5) is 0 Å². The van der Waals surface area contributed by atoms with Crippen molar-refractivity contribution in [2.24, 2.45) is 16.3 Å². The Kier molecular flexibility index (Phi) is 7.24. The lowest BCUT2D eigenvalue weighted by Gasteiger charge is -2.04. The Labute approximate surface area is 167 Å². The predicted molar refractivity (Wildman–Crippen MR) is 117 cm³/mol. The molecule has 0 aliphatic heterocycles. The second-order valence-corrected chi connectivity index (χ2v) is 6.91. The SMILES string of the molecule is C1=CC(c2cc3c([nH]2)CC=Cc2ccccc2-3)=CCC1.C1CC1.CN/N=N\N. The van der Waals surface area contributed by atoms with Gasteiger partial charge >= 0.3 is 0 Å². The number of benzene rings is 1. The van der Waals surface area contributed by atoms with Crippen LogP contribution in [0.15, 0.2) is 65.1 Å². The summed E-state index contributed by atoms with van der Waals surface area (Å²) in [5, 5.41) is 5.99. The summed E-state index contributed by atoms with van der Waals surface area (Å²) in [5.41, 5.74) is 10.2. The second-order valence-electron chi connectivity index (χ2n) is 6.91. The zero-order chi connectivity index (χ0) is 19.6. The van der Waals surface area contributed by atoms with Crippen LogP contribution in [0.2, 0.25) is 0 Å². The molecule has 0 bridgehead atoms. The van der Waals surface area contributed by atoms with E-state index in [1.165, 1.54) is 52.9 Å². The first-order valence-electron chi connectivity index (χ1n) is 9.95. The van der Waals surface area contributed by atoms with Crippen molar-refractivity contribution in [1.29, 1.82) is 0 Å². The molecule has 0 atom stereocenters. The smallest absolute Gasteiger partial charge is 0.0459 e. The van der Waals surface area contributed by atoms with Gasteiger partial charge in [-0.15, -0.1) is 0 Å². The molecule has 0 unspecified atom stereocenters. The van der Waals surface area contributed by atoms with Gasteiger partial charge in [0.1, 0.15) is 0 Å². The number of nitrogens with zero attached hydrogens (tertiary/aromatic N) is 2. The molecule has 1 aromatic carbocycles. The fourth-order valence-electron chi connectivity index (χ4n) is 3.12. The molecule has 1 fully saturated rings. The highest BCUT2D eigenvalue weighted by atomic mass is 15.5. The molecule has 5 nitrogen and oxygen atoms in total. The molecule has 5 rings (SSSR count). The van der Waals surface area contributed by atoms with Crippen molar-refractivity contribution in [3.63, 3.8) is 0 Å². The normalized spacial score (nSPS) is 15.8. The maximum absolute atomic E-state index is 4.53. The number of hydrogen-bond donors (Lipinski definition) is 3. The van der Waals surface area contributed by atoms with Crippen molar-refractivity contribution in [3.05, 3.63) is 71.6 Å². The predicted octanol–water partition coefficient (Wildman–Crippen LogP) is 5.60. The fraction of sp³-hybridized carbons (Fsp3) is 0.304. The molecular formula is C23H29N5. The average Bonchev–Trinajstić information content (AvgIpc) is 3.59. The van der Waals surface area contributed by atoms with Crippen LogP contribution in [0.1, 0.15) is 49.1 Å². The van der Waals surface area contributed by atoms with Crippen LogP contribution in [0.25, 0.3) is 22.8 Å². The van der Waals surface area contributed by atoms with Crippen molar-refractivity contribution in [2.75, 3.05) is 7.05 Å². The van der Waals surface area contributed by atoms with Crippen molar-refractivity contribution in [3.8, 4) is 11.1 Å². The molecule has 146 valence electrons. The molecule has 28 heavy (non-hydrogen) atoms. The summed E-state index contributed by atoms with van der Waals surface area (Å²) >= 11 is 0. The lowest BCUT2D eigenvalue weighted by atomic mass is 9.99. The van der Waals surface area contributed by atoms with Crippen molar-refractivity contribution >= 4 is 11.6 Å². The van der Waals surface area contributed by atoms with Gasteiger partial charge in [0.25, 0.3) is 0 Å². The number of nitrogens with one attached hydrogen (secondary N) is 2. The van der Waals surface area contributed by atoms with Gasteiger partial charge in [0.2, 0.25) is 0 Å². The van der Waals surface area contributed by atoms with Gasteiger partial charge in [-0.2, -0.15) is 0 Å². The Morgan fingerprint density at radius 2 is 1.82 bits per heavy atom. The van der Waals surface area contributed by atoms with Crippen LogP contribution in [-0.2, 0) is 6.42 Å². The molecule has 1 aromatic heterocycles. The highest BCUT2D eigenvalue weighted by molar-refractivity contribution is 5.83. The molecule has 0 radical (unpaired) electrons. The number of aromatic amines is 1. The van der Waals surface area contributed by atoms with Crippen molar-refractivity contribution < 1.29 is 0 Å². The van der Waals surface area contributed by atoms with Crippen molar-refractivity contribution in [1.82, 2.24) is 10.4 Å². The first-order chi connectivity index (χ1) is 13.8. The van der Waals surface area contributed by atoms with Gasteiger partial charge in [-0.1, -0.05) is 84.4 Å². The Bertz CT molecular complexity index is 881. The van der Waals surface area contributed by atoms with Gasteiger partial charge in [-0.05, 0) is 35.6 Å². The van der Waals surface area contributed by atoms with Gasteiger partial charge in [0.15, 0.2) is 0 Å². The Morgan fingerprint density at radius 1 is 1.00 bits per heavy atom. The standard InChI is InChI=1S/C19H17N.C3H6.CH6N4/c1-2-8-15(9-3-1)19-13-17-16-11-5-4-7-14(16)10-6-12-18(17)20-19;1-2-3-1;1-3-5-4-2/h2,4-11,13,20H,1,3,12H2;1-3H2;1H3,(H2,2,5)(H,3,4). The fourth-order valence-corrected chi connectivity index (χ4v) is 3.12. The van der Waals surface area contributed by atoms with Crippen LogP contribution < -0.4 is 11.3 Å². The summed E-state index contributed by atoms with van der Waals surface area (Å²) in [5.74, 6) is 4.53. The number of aromatic nitrogens is 1. The maximum Gasteiger partial charge on any atom is 0.0459 e. The van der Waals surface area contributed by atoms with Crippen LogP contribution in [0, 0.1) is 0 Å². The highest BCUT2D eigenvalue weighted by Crippen LogP contribution is 2.34. The van der Waals surface area contributed by atoms with E-state index in [4.69, 9.17) is 0 Å². The Morgan fingerprint density at radius 3 is 2.46 bits per heavy atom. The van der Waals surface area contributed by atoms with E-state index in [1.54, 1.807) is 7.05 Å². The van der Waals surface area contributed by atoms with Crippen molar-refractivity contribution in [2.45, 2.75) is 38.5 Å². The largest absolute Gasteiger partial charge is 0.358 e. The van der Waals surface area contributed by atoms with E-state index in [0.717, 1.165) is 19.3 Å². The minimum absolute atomic E-state index is 0.973. The maximum atomic E-state index is 4.53. The van der Waals surface area contributed by atoms with E-state index in [9.17, 15) is 0 Å². The average molecular weight is 376 g/mol. The topological polar surface area (TPSA) is 78.6 Å². The Balaban J connectivity index is 0.000000238. The Hall–Kier alpha value is -3.08. The lowest BCUT2D eigenvalue weighted by molar-refractivity contribution is 0.782. The molecule has 0 spiro atoms. The van der Waals surface area contributed by atoms with E-state index in [-0.39, 0.29) is 0 Å². The van der Waals surface area contributed by atoms with Gasteiger partial charge in [-0.25, -0.2) is 0 Å². The molecule has 1 heterocycles. The monoisotopic (exact) mass is 375 g/mol. The van der Waals surface area contributed by atoms with E-state index in [2.05, 4.69) is 87.4 Å². The molecule has 3 aliphatic rings. The van der Waals surface area contributed by atoms with E-state index in [0.29, 0.717) is 0 Å². The first-order valence-corrected chi connectivity index (χ1v) is 9.95. The number of H-pyrrole nitrogens is 1. The van der Waals surface area contributed by atoms with Gasteiger partial charge in [0, 0.05) is 30.4 Å². The van der Waals surface area contributed by atoms with Crippen LogP contribution in [-0.4, -0.2) is 12.0 Å². The molecule has 1 saturated carbocycles. The minimum atomic E-state index is 0.973. The minimum Gasteiger partial charge on any atom is -0.358 e. The number of nitrogens with two attached hydrogens (primary N) is 1. The molecule has 0 amide bonds. The van der Waals surface area contributed by atoms with E-state index < -0.39 is 0 Å². The summed E-state index contributed by atoms with van der Waals surface area (Å²) < 4.78 is 0. The molecule has 3 aliphatic carbocycles. The number of allylic oxidation sites excluding steroid dienone is 5. The first kappa shape index (κ1) is 19.7. The van der Waals surface area contributed by atoms with Gasteiger partial charge in [-0.3, -0.25) is 5.43 Å². The van der Waals surface area contributed by atoms with Crippen LogP contribution in [0.3, 0.4) is 0 Å². The third-order valence-electron chi connectivity index (χ3n) is 4.59. The molecule has 4 N–H and O–H groups in total. The second kappa shape index (κ2) is 10.3. The quantitative estimate of drug-likeness (QED) is 0.363. The summed E-state index contributed by atoms with van der Waals surface area (Å²) in [7, 11) is 1.62. The molecule has 5 heteroatoms. The lowest BCUT2D eigenvalue weighted by Crippen LogP contribution is -1.92. The molecule has 0 saturated heterocycles. The zero-order valence-corrected chi connectivity index (χ0v) is 16.5. The summed E-state index contributed by atoms with van der Waals surface area (Å²) in [4.78, 5) is 3.61. The van der Waals surface area contributed by atoms with E-state index in [1.807, 2.05) is 0 Å². The van der Waals surface area contributed by atoms with Gasteiger partial charge < -0.3 is 10.8 Å². The number of rotatable bonds is 2. The summed E-state index contributed by atoms with van der Waals surface area (Å²) in [6, 6.07) is 10.9.